The van der Waals surface area contributed by atoms with Gasteiger partial charge in [0.25, 0.3) is 0 Å². The standard InChI is InChI=1S/C14H22N4S/c15-13-12(10-4-5-10)14(19-16-13)18-8-7-17-6-2-1-3-11(17)9-18/h10-11H,1-9H2,(H2,15,16). The Balaban J connectivity index is 1.56. The minimum Gasteiger partial charge on any atom is -0.383 e. The molecule has 1 aromatic heterocycles. The van der Waals surface area contributed by atoms with Crippen LogP contribution in [0.2, 0.25) is 0 Å². The van der Waals surface area contributed by atoms with Crippen molar-refractivity contribution in [2.45, 2.75) is 44.1 Å². The van der Waals surface area contributed by atoms with Crippen molar-refractivity contribution in [2.75, 3.05) is 36.8 Å². The van der Waals surface area contributed by atoms with Crippen LogP contribution in [0.4, 0.5) is 10.8 Å². The molecule has 3 heterocycles. The highest BCUT2D eigenvalue weighted by molar-refractivity contribution is 7.10. The fraction of sp³-hybridized carbons (Fsp3) is 0.786. The lowest BCUT2D eigenvalue weighted by atomic mass is 9.99. The number of hydrogen-bond acceptors (Lipinski definition) is 5. The van der Waals surface area contributed by atoms with Crippen LogP contribution in [0.1, 0.15) is 43.6 Å². The van der Waals surface area contributed by atoms with Gasteiger partial charge in [0.05, 0.1) is 0 Å². The molecule has 19 heavy (non-hydrogen) atoms. The van der Waals surface area contributed by atoms with Crippen molar-refractivity contribution in [3.8, 4) is 0 Å². The monoisotopic (exact) mass is 278 g/mol. The van der Waals surface area contributed by atoms with Gasteiger partial charge in [-0.05, 0) is 49.7 Å². The van der Waals surface area contributed by atoms with Gasteiger partial charge in [0.2, 0.25) is 0 Å². The van der Waals surface area contributed by atoms with Crippen LogP contribution in [0.15, 0.2) is 0 Å². The number of nitrogens with zero attached hydrogens (tertiary/aromatic N) is 3. The number of fused-ring (bicyclic) bond motifs is 1. The molecule has 0 amide bonds. The summed E-state index contributed by atoms with van der Waals surface area (Å²) < 4.78 is 4.42. The van der Waals surface area contributed by atoms with Crippen LogP contribution in [0.3, 0.4) is 0 Å². The summed E-state index contributed by atoms with van der Waals surface area (Å²) >= 11 is 1.62. The Labute approximate surface area is 118 Å². The quantitative estimate of drug-likeness (QED) is 0.901. The Morgan fingerprint density at radius 1 is 1.11 bits per heavy atom. The maximum Gasteiger partial charge on any atom is 0.142 e. The number of rotatable bonds is 2. The fourth-order valence-corrected chi connectivity index (χ4v) is 4.56. The van der Waals surface area contributed by atoms with Crippen LogP contribution in [-0.2, 0) is 0 Å². The second-order valence-electron chi connectivity index (χ2n) is 6.19. The highest BCUT2D eigenvalue weighted by Gasteiger charge is 2.35. The summed E-state index contributed by atoms with van der Waals surface area (Å²) in [7, 11) is 0. The second-order valence-corrected chi connectivity index (χ2v) is 6.94. The van der Waals surface area contributed by atoms with E-state index in [1.807, 2.05) is 0 Å². The molecular formula is C14H22N4S. The van der Waals surface area contributed by atoms with E-state index >= 15 is 0 Å². The van der Waals surface area contributed by atoms with E-state index in [0.717, 1.165) is 18.4 Å². The summed E-state index contributed by atoms with van der Waals surface area (Å²) in [6.07, 6.45) is 6.76. The van der Waals surface area contributed by atoms with Gasteiger partial charge in [-0.2, -0.15) is 4.37 Å². The third kappa shape index (κ3) is 2.13. The van der Waals surface area contributed by atoms with E-state index in [0.29, 0.717) is 5.92 Å². The Morgan fingerprint density at radius 2 is 2.00 bits per heavy atom. The van der Waals surface area contributed by atoms with E-state index in [2.05, 4.69) is 14.2 Å². The summed E-state index contributed by atoms with van der Waals surface area (Å²) in [6.45, 7) is 4.85. The van der Waals surface area contributed by atoms with Crippen molar-refractivity contribution >= 4 is 22.4 Å². The lowest BCUT2D eigenvalue weighted by Crippen LogP contribution is -2.54. The van der Waals surface area contributed by atoms with Gasteiger partial charge >= 0.3 is 0 Å². The number of piperazine rings is 1. The highest BCUT2D eigenvalue weighted by Crippen LogP contribution is 2.49. The predicted molar refractivity (Wildman–Crippen MR) is 79.9 cm³/mol. The van der Waals surface area contributed by atoms with Gasteiger partial charge in [0.1, 0.15) is 10.8 Å². The topological polar surface area (TPSA) is 45.4 Å². The summed E-state index contributed by atoms with van der Waals surface area (Å²) in [5, 5.41) is 1.38. The molecule has 0 radical (unpaired) electrons. The average molecular weight is 278 g/mol. The SMILES string of the molecule is Nc1nsc(N2CCN3CCCCC3C2)c1C1CC1. The van der Waals surface area contributed by atoms with E-state index in [-0.39, 0.29) is 0 Å². The van der Waals surface area contributed by atoms with E-state index in [1.165, 1.54) is 62.3 Å². The molecule has 2 N–H and O–H groups in total. The Hall–Kier alpha value is -0.810. The number of hydrogen-bond donors (Lipinski definition) is 1. The van der Waals surface area contributed by atoms with Gasteiger partial charge in [-0.3, -0.25) is 4.90 Å². The van der Waals surface area contributed by atoms with E-state index in [1.54, 1.807) is 11.5 Å². The lowest BCUT2D eigenvalue weighted by molar-refractivity contribution is 0.133. The predicted octanol–water partition coefficient (Wildman–Crippen LogP) is 2.28. The minimum atomic E-state index is 0.707. The summed E-state index contributed by atoms with van der Waals surface area (Å²) in [5.41, 5.74) is 7.45. The molecule has 1 aliphatic carbocycles. The number of aromatic nitrogens is 1. The van der Waals surface area contributed by atoms with Crippen LogP contribution in [0.25, 0.3) is 0 Å². The number of anilines is 2. The lowest BCUT2D eigenvalue weighted by Gasteiger charge is -2.44. The zero-order valence-corrected chi connectivity index (χ0v) is 12.2. The minimum absolute atomic E-state index is 0.707. The summed E-state index contributed by atoms with van der Waals surface area (Å²) in [5.74, 6) is 1.51. The summed E-state index contributed by atoms with van der Waals surface area (Å²) in [4.78, 5) is 5.25. The van der Waals surface area contributed by atoms with Gasteiger partial charge in [0, 0.05) is 31.2 Å². The van der Waals surface area contributed by atoms with Crippen LogP contribution >= 0.6 is 11.5 Å². The average Bonchev–Trinajstić information content (AvgIpc) is 3.21. The van der Waals surface area contributed by atoms with Crippen molar-refractivity contribution in [1.82, 2.24) is 9.27 Å². The molecule has 0 spiro atoms. The molecule has 2 saturated heterocycles. The molecule has 1 atom stereocenters. The van der Waals surface area contributed by atoms with E-state index < -0.39 is 0 Å². The summed E-state index contributed by atoms with van der Waals surface area (Å²) in [6, 6.07) is 0.762. The molecule has 104 valence electrons. The molecule has 3 fully saturated rings. The van der Waals surface area contributed by atoms with Crippen molar-refractivity contribution in [2.24, 2.45) is 0 Å². The number of nitrogens with two attached hydrogens (primary N) is 1. The Kier molecular flexibility index (Phi) is 2.92. The van der Waals surface area contributed by atoms with Crippen molar-refractivity contribution in [1.29, 1.82) is 0 Å². The second kappa shape index (κ2) is 4.63. The molecule has 1 aromatic rings. The maximum atomic E-state index is 6.08. The van der Waals surface area contributed by atoms with Gasteiger partial charge in [0.15, 0.2) is 0 Å². The van der Waals surface area contributed by atoms with E-state index in [9.17, 15) is 0 Å². The van der Waals surface area contributed by atoms with Gasteiger partial charge in [-0.1, -0.05) is 6.42 Å². The third-order valence-corrected chi connectivity index (χ3v) is 5.79. The molecule has 1 saturated carbocycles. The van der Waals surface area contributed by atoms with Gasteiger partial charge in [-0.15, -0.1) is 0 Å². The molecule has 2 aliphatic heterocycles. The molecular weight excluding hydrogens is 256 g/mol. The first kappa shape index (κ1) is 12.0. The van der Waals surface area contributed by atoms with Crippen LogP contribution in [0.5, 0.6) is 0 Å². The molecule has 0 bridgehead atoms. The zero-order chi connectivity index (χ0) is 12.8. The Bertz CT molecular complexity index is 468. The third-order valence-electron chi connectivity index (χ3n) is 4.85. The first-order valence-electron chi connectivity index (χ1n) is 7.57. The largest absolute Gasteiger partial charge is 0.383 e. The van der Waals surface area contributed by atoms with Crippen molar-refractivity contribution < 1.29 is 0 Å². The van der Waals surface area contributed by atoms with Crippen LogP contribution in [0, 0.1) is 0 Å². The zero-order valence-electron chi connectivity index (χ0n) is 11.3. The highest BCUT2D eigenvalue weighted by atomic mass is 32.1. The smallest absolute Gasteiger partial charge is 0.142 e. The molecule has 1 unspecified atom stereocenters. The molecule has 5 heteroatoms. The maximum absolute atomic E-state index is 6.08. The van der Waals surface area contributed by atoms with Crippen molar-refractivity contribution in [3.05, 3.63) is 5.56 Å². The number of nitrogen functional groups attached to an aromatic ring is 1. The van der Waals surface area contributed by atoms with Gasteiger partial charge < -0.3 is 10.6 Å². The van der Waals surface area contributed by atoms with Crippen LogP contribution in [-0.4, -0.2) is 41.5 Å². The van der Waals surface area contributed by atoms with Crippen molar-refractivity contribution in [3.63, 3.8) is 0 Å². The molecule has 3 aliphatic rings. The van der Waals surface area contributed by atoms with Crippen LogP contribution < -0.4 is 10.6 Å². The number of piperidine rings is 1. The normalized spacial score (nSPS) is 28.4. The first-order chi connectivity index (χ1) is 9.33. The fourth-order valence-electron chi connectivity index (χ4n) is 3.62. The Morgan fingerprint density at radius 3 is 2.84 bits per heavy atom. The first-order valence-corrected chi connectivity index (χ1v) is 8.34. The molecule has 0 aromatic carbocycles. The molecule has 4 rings (SSSR count). The molecule has 4 nitrogen and oxygen atoms in total. The van der Waals surface area contributed by atoms with Gasteiger partial charge in [-0.25, -0.2) is 0 Å². The van der Waals surface area contributed by atoms with E-state index in [4.69, 9.17) is 5.73 Å².